The first-order valence-corrected chi connectivity index (χ1v) is 5.86. The highest BCUT2D eigenvalue weighted by Crippen LogP contribution is 2.32. The second kappa shape index (κ2) is 5.83. The fraction of sp³-hybridized carbons (Fsp3) is 0.364. The van der Waals surface area contributed by atoms with E-state index in [1.165, 1.54) is 13.8 Å². The molecule has 0 aliphatic heterocycles. The highest BCUT2D eigenvalue weighted by atomic mass is 35.5. The number of aromatic carboxylic acids is 1. The minimum absolute atomic E-state index is 0.00852. The average molecular weight is 302 g/mol. The minimum Gasteiger partial charge on any atom is -0.545 e. The summed E-state index contributed by atoms with van der Waals surface area (Å²) in [4.78, 5) is 31.3. The molecule has 1 aromatic rings. The van der Waals surface area contributed by atoms with E-state index in [1.54, 1.807) is 0 Å². The van der Waals surface area contributed by atoms with Crippen molar-refractivity contribution in [2.45, 2.75) is 25.9 Å². The molecule has 0 amide bonds. The van der Waals surface area contributed by atoms with E-state index >= 15 is 0 Å². The molecule has 0 N–H and O–H groups in total. The summed E-state index contributed by atoms with van der Waals surface area (Å²) in [7, 11) is 0. The normalized spacial score (nSPS) is 13.6. The van der Waals surface area contributed by atoms with Gasteiger partial charge in [0.05, 0.1) is 11.0 Å². The largest absolute Gasteiger partial charge is 0.545 e. The Labute approximate surface area is 118 Å². The number of carboxylic acid groups (broad SMARTS) is 1. The minimum atomic E-state index is -1.60. The Morgan fingerprint density at radius 3 is 1.85 bits per heavy atom. The fourth-order valence-corrected chi connectivity index (χ4v) is 1.96. The maximum atomic E-state index is 10.9. The van der Waals surface area contributed by atoms with Crippen LogP contribution >= 0.6 is 11.6 Å². The number of halogens is 1. The van der Waals surface area contributed by atoms with Crippen LogP contribution in [0.15, 0.2) is 12.1 Å². The van der Waals surface area contributed by atoms with Crippen LogP contribution in [-0.4, -0.2) is 15.8 Å². The number of carbonyl (C=O) groups excluding carboxylic acids is 1. The first-order chi connectivity index (χ1) is 9.16. The molecule has 0 aliphatic carbocycles. The van der Waals surface area contributed by atoms with E-state index in [0.717, 1.165) is 12.1 Å². The molecule has 0 spiro atoms. The Hall–Kier alpha value is -2.22. The van der Waals surface area contributed by atoms with Crippen LogP contribution in [0.25, 0.3) is 0 Å². The third-order valence-electron chi connectivity index (χ3n) is 2.93. The van der Waals surface area contributed by atoms with Crippen LogP contribution in [0.5, 0.6) is 0 Å². The second-order valence-electron chi connectivity index (χ2n) is 4.17. The predicted molar refractivity (Wildman–Crippen MR) is 66.6 cm³/mol. The number of carboxylic acids is 1. The lowest BCUT2D eigenvalue weighted by molar-refractivity contribution is -0.531. The van der Waals surface area contributed by atoms with Crippen LogP contribution in [0.3, 0.4) is 0 Å². The van der Waals surface area contributed by atoms with Gasteiger partial charge in [0.2, 0.25) is 12.1 Å². The molecule has 0 saturated carbocycles. The number of rotatable bonds is 5. The van der Waals surface area contributed by atoms with Gasteiger partial charge in [0.1, 0.15) is 0 Å². The van der Waals surface area contributed by atoms with Crippen LogP contribution in [0.4, 0.5) is 0 Å². The van der Waals surface area contributed by atoms with Crippen LogP contribution in [0, 0.1) is 20.2 Å². The lowest BCUT2D eigenvalue weighted by Gasteiger charge is -2.16. The van der Waals surface area contributed by atoms with Crippen LogP contribution in [-0.2, 0) is 0 Å². The quantitative estimate of drug-likeness (QED) is 0.597. The zero-order valence-electron chi connectivity index (χ0n) is 10.5. The number of nitrogens with zero attached hydrogens (tertiary/aromatic N) is 2. The van der Waals surface area contributed by atoms with Crippen LogP contribution in [0.1, 0.15) is 47.4 Å². The Morgan fingerprint density at radius 1 is 1.10 bits per heavy atom. The fourth-order valence-electron chi connectivity index (χ4n) is 1.71. The van der Waals surface area contributed by atoms with E-state index in [-0.39, 0.29) is 16.1 Å². The molecule has 0 aliphatic rings. The van der Waals surface area contributed by atoms with Gasteiger partial charge in [0, 0.05) is 40.4 Å². The van der Waals surface area contributed by atoms with E-state index in [0.29, 0.717) is 0 Å². The summed E-state index contributed by atoms with van der Waals surface area (Å²) in [6.07, 6.45) is 0. The van der Waals surface area contributed by atoms with Gasteiger partial charge in [-0.1, -0.05) is 11.6 Å². The monoisotopic (exact) mass is 301 g/mol. The molecule has 1 rings (SSSR count). The first-order valence-electron chi connectivity index (χ1n) is 5.48. The SMILES string of the molecule is CC(c1cc(Cl)c(C(=O)[O-])cc1C(C)[N+](=O)[O-])[N+](=O)[O-]. The molecule has 1 aromatic carbocycles. The summed E-state index contributed by atoms with van der Waals surface area (Å²) >= 11 is 5.72. The Balaban J connectivity index is 3.57. The van der Waals surface area contributed by atoms with Gasteiger partial charge in [-0.3, -0.25) is 20.2 Å². The lowest BCUT2D eigenvalue weighted by atomic mass is 9.94. The molecule has 0 saturated heterocycles. The van der Waals surface area contributed by atoms with Crippen LogP contribution in [0.2, 0.25) is 5.02 Å². The summed E-state index contributed by atoms with van der Waals surface area (Å²) < 4.78 is 0. The topological polar surface area (TPSA) is 126 Å². The molecule has 0 aromatic heterocycles. The summed E-state index contributed by atoms with van der Waals surface area (Å²) in [5.74, 6) is -1.60. The average Bonchev–Trinajstić information content (AvgIpc) is 2.35. The Bertz CT molecular complexity index is 589. The van der Waals surface area contributed by atoms with Gasteiger partial charge >= 0.3 is 0 Å². The van der Waals surface area contributed by atoms with Gasteiger partial charge < -0.3 is 9.90 Å². The van der Waals surface area contributed by atoms with Crippen molar-refractivity contribution in [2.24, 2.45) is 0 Å². The van der Waals surface area contributed by atoms with E-state index in [1.807, 2.05) is 0 Å². The van der Waals surface area contributed by atoms with Gasteiger partial charge in [0.15, 0.2) is 0 Å². The summed E-state index contributed by atoms with van der Waals surface area (Å²) in [5, 5.41) is 32.3. The highest BCUT2D eigenvalue weighted by molar-refractivity contribution is 6.33. The molecule has 0 heterocycles. The van der Waals surface area contributed by atoms with Crippen molar-refractivity contribution < 1.29 is 19.7 Å². The predicted octanol–water partition coefficient (Wildman–Crippen LogP) is 1.38. The number of hydrogen-bond acceptors (Lipinski definition) is 6. The van der Waals surface area contributed by atoms with Crippen molar-refractivity contribution in [3.63, 3.8) is 0 Å². The summed E-state index contributed by atoms with van der Waals surface area (Å²) in [5.41, 5.74) is -0.494. The standard InChI is InChI=1S/C11H11ClN2O6/c1-5(13(17)18)7-3-9(11(15)16)10(12)4-8(7)6(2)14(19)20/h3-6H,1-2H3,(H,15,16)/p-1. The molecule has 108 valence electrons. The highest BCUT2D eigenvalue weighted by Gasteiger charge is 2.29. The van der Waals surface area contributed by atoms with Gasteiger partial charge in [-0.05, 0) is 12.1 Å². The third-order valence-corrected chi connectivity index (χ3v) is 3.24. The zero-order chi connectivity index (χ0) is 15.6. The van der Waals surface area contributed by atoms with E-state index in [2.05, 4.69) is 0 Å². The maximum absolute atomic E-state index is 10.9. The number of hydrogen-bond donors (Lipinski definition) is 0. The molecule has 2 atom stereocenters. The molecule has 8 nitrogen and oxygen atoms in total. The number of benzene rings is 1. The molecule has 9 heteroatoms. The van der Waals surface area contributed by atoms with Crippen molar-refractivity contribution >= 4 is 17.6 Å². The molecule has 0 fully saturated rings. The first kappa shape index (κ1) is 15.8. The molecule has 2 unspecified atom stereocenters. The lowest BCUT2D eigenvalue weighted by Crippen LogP contribution is -2.24. The third kappa shape index (κ3) is 3.02. The molecular weight excluding hydrogens is 292 g/mol. The summed E-state index contributed by atoms with van der Waals surface area (Å²) in [6, 6.07) is -0.529. The number of nitro groups is 2. The van der Waals surface area contributed by atoms with Crippen molar-refractivity contribution in [1.29, 1.82) is 0 Å². The van der Waals surface area contributed by atoms with Crippen molar-refractivity contribution in [3.05, 3.63) is 54.1 Å². The number of carbonyl (C=O) groups is 1. The Morgan fingerprint density at radius 2 is 1.50 bits per heavy atom. The van der Waals surface area contributed by atoms with Gasteiger partial charge in [-0.25, -0.2) is 0 Å². The van der Waals surface area contributed by atoms with Crippen molar-refractivity contribution in [2.75, 3.05) is 0 Å². The molecule has 0 bridgehead atoms. The van der Waals surface area contributed by atoms with Gasteiger partial charge in [0.25, 0.3) is 0 Å². The second-order valence-corrected chi connectivity index (χ2v) is 4.58. The van der Waals surface area contributed by atoms with Gasteiger partial charge in [-0.15, -0.1) is 0 Å². The zero-order valence-corrected chi connectivity index (χ0v) is 11.3. The molecule has 0 radical (unpaired) electrons. The van der Waals surface area contributed by atoms with E-state index in [4.69, 9.17) is 11.6 Å². The van der Waals surface area contributed by atoms with E-state index < -0.39 is 33.5 Å². The molecule has 20 heavy (non-hydrogen) atoms. The smallest absolute Gasteiger partial charge is 0.235 e. The van der Waals surface area contributed by atoms with Gasteiger partial charge in [-0.2, -0.15) is 0 Å². The van der Waals surface area contributed by atoms with E-state index in [9.17, 15) is 30.1 Å². The molecular formula is C11H10ClN2O6-. The summed E-state index contributed by atoms with van der Waals surface area (Å²) in [6.45, 7) is 2.44. The maximum Gasteiger partial charge on any atom is 0.235 e. The van der Waals surface area contributed by atoms with Crippen molar-refractivity contribution in [3.8, 4) is 0 Å². The Kier molecular flexibility index (Phi) is 4.61. The van der Waals surface area contributed by atoms with Crippen LogP contribution < -0.4 is 5.11 Å². The van der Waals surface area contributed by atoms with Crippen molar-refractivity contribution in [1.82, 2.24) is 0 Å².